The minimum atomic E-state index is -0.662. The zero-order chi connectivity index (χ0) is 16.1. The standard InChI is InChI=1S/C16H15BrN2O3/c1-10(22-14-4-2-3-12(17)9-14)16(21)19-13-7-5-11(6-8-13)15(18)20/h2-10H,1H3,(H2,18,20)(H,19,21)/t10-/m0/s1. The number of rotatable bonds is 5. The van der Waals surface area contributed by atoms with Gasteiger partial charge in [0.25, 0.3) is 5.91 Å². The van der Waals surface area contributed by atoms with Crippen molar-refractivity contribution in [2.24, 2.45) is 5.73 Å². The molecule has 2 aromatic carbocycles. The highest BCUT2D eigenvalue weighted by Gasteiger charge is 2.15. The van der Waals surface area contributed by atoms with Crippen molar-refractivity contribution in [3.63, 3.8) is 0 Å². The largest absolute Gasteiger partial charge is 0.481 e. The van der Waals surface area contributed by atoms with Gasteiger partial charge in [-0.1, -0.05) is 22.0 Å². The number of ether oxygens (including phenoxy) is 1. The lowest BCUT2D eigenvalue weighted by Crippen LogP contribution is -2.30. The second-order valence-corrected chi connectivity index (χ2v) is 5.56. The Morgan fingerprint density at radius 3 is 2.45 bits per heavy atom. The molecule has 0 aliphatic heterocycles. The van der Waals surface area contributed by atoms with Gasteiger partial charge in [-0.05, 0) is 49.4 Å². The first-order chi connectivity index (χ1) is 10.5. The quantitative estimate of drug-likeness (QED) is 0.857. The van der Waals surface area contributed by atoms with Gasteiger partial charge in [0.1, 0.15) is 5.75 Å². The van der Waals surface area contributed by atoms with Crippen LogP contribution in [-0.4, -0.2) is 17.9 Å². The summed E-state index contributed by atoms with van der Waals surface area (Å²) >= 11 is 3.34. The topological polar surface area (TPSA) is 81.4 Å². The molecule has 2 amide bonds. The van der Waals surface area contributed by atoms with Crippen LogP contribution in [0.3, 0.4) is 0 Å². The van der Waals surface area contributed by atoms with E-state index in [0.29, 0.717) is 17.0 Å². The molecular weight excluding hydrogens is 348 g/mol. The van der Waals surface area contributed by atoms with Crippen molar-refractivity contribution >= 4 is 33.4 Å². The normalized spacial score (nSPS) is 11.5. The Hall–Kier alpha value is -2.34. The Kier molecular flexibility index (Phi) is 5.16. The van der Waals surface area contributed by atoms with Crippen LogP contribution in [0.25, 0.3) is 0 Å². The molecule has 3 N–H and O–H groups in total. The van der Waals surface area contributed by atoms with Gasteiger partial charge in [-0.2, -0.15) is 0 Å². The molecule has 0 spiro atoms. The fourth-order valence-corrected chi connectivity index (χ4v) is 2.14. The number of hydrogen-bond acceptors (Lipinski definition) is 3. The number of anilines is 1. The lowest BCUT2D eigenvalue weighted by Gasteiger charge is -2.15. The number of primary amides is 1. The van der Waals surface area contributed by atoms with E-state index >= 15 is 0 Å². The van der Waals surface area contributed by atoms with Gasteiger partial charge in [0.05, 0.1) is 0 Å². The summed E-state index contributed by atoms with van der Waals surface area (Å²) in [4.78, 5) is 23.1. The molecule has 0 heterocycles. The van der Waals surface area contributed by atoms with Gasteiger partial charge in [0.2, 0.25) is 5.91 Å². The van der Waals surface area contributed by atoms with E-state index in [0.717, 1.165) is 4.47 Å². The molecule has 0 saturated carbocycles. The third-order valence-electron chi connectivity index (χ3n) is 2.92. The van der Waals surface area contributed by atoms with E-state index in [-0.39, 0.29) is 5.91 Å². The summed E-state index contributed by atoms with van der Waals surface area (Å²) in [6, 6.07) is 13.6. The molecular formula is C16H15BrN2O3. The second kappa shape index (κ2) is 7.09. The summed E-state index contributed by atoms with van der Waals surface area (Å²) < 4.78 is 6.45. The molecule has 0 radical (unpaired) electrons. The molecule has 0 unspecified atom stereocenters. The van der Waals surface area contributed by atoms with E-state index in [2.05, 4.69) is 21.2 Å². The Labute approximate surface area is 136 Å². The predicted octanol–water partition coefficient (Wildman–Crippen LogP) is 2.95. The number of hydrogen-bond donors (Lipinski definition) is 2. The molecule has 22 heavy (non-hydrogen) atoms. The molecule has 0 aliphatic rings. The van der Waals surface area contributed by atoms with Crippen molar-refractivity contribution in [1.29, 1.82) is 0 Å². The number of carbonyl (C=O) groups excluding carboxylic acids is 2. The van der Waals surface area contributed by atoms with Crippen LogP contribution < -0.4 is 15.8 Å². The first-order valence-electron chi connectivity index (χ1n) is 6.58. The van der Waals surface area contributed by atoms with Gasteiger partial charge < -0.3 is 15.8 Å². The number of nitrogens with one attached hydrogen (secondary N) is 1. The van der Waals surface area contributed by atoms with Crippen LogP contribution in [0.5, 0.6) is 5.75 Å². The van der Waals surface area contributed by atoms with Gasteiger partial charge in [0.15, 0.2) is 6.10 Å². The zero-order valence-corrected chi connectivity index (χ0v) is 13.5. The van der Waals surface area contributed by atoms with E-state index in [4.69, 9.17) is 10.5 Å². The van der Waals surface area contributed by atoms with Crippen LogP contribution in [-0.2, 0) is 4.79 Å². The Balaban J connectivity index is 1.97. The third kappa shape index (κ3) is 4.33. The zero-order valence-electron chi connectivity index (χ0n) is 11.9. The van der Waals surface area contributed by atoms with E-state index in [1.165, 1.54) is 0 Å². The molecule has 114 valence electrons. The minimum Gasteiger partial charge on any atom is -0.481 e. The number of nitrogens with two attached hydrogens (primary N) is 1. The van der Waals surface area contributed by atoms with Crippen LogP contribution >= 0.6 is 15.9 Å². The number of benzene rings is 2. The van der Waals surface area contributed by atoms with Crippen LogP contribution in [0.4, 0.5) is 5.69 Å². The van der Waals surface area contributed by atoms with Crippen molar-refractivity contribution in [2.75, 3.05) is 5.32 Å². The van der Waals surface area contributed by atoms with Gasteiger partial charge >= 0.3 is 0 Å². The third-order valence-corrected chi connectivity index (χ3v) is 3.41. The molecule has 5 nitrogen and oxygen atoms in total. The maximum atomic E-state index is 12.1. The average molecular weight is 363 g/mol. The fraction of sp³-hybridized carbons (Fsp3) is 0.125. The maximum Gasteiger partial charge on any atom is 0.265 e. The summed E-state index contributed by atoms with van der Waals surface area (Å²) in [5.74, 6) is -0.197. The van der Waals surface area contributed by atoms with E-state index in [9.17, 15) is 9.59 Å². The highest BCUT2D eigenvalue weighted by molar-refractivity contribution is 9.10. The minimum absolute atomic E-state index is 0.285. The molecule has 0 saturated heterocycles. The summed E-state index contributed by atoms with van der Waals surface area (Å²) in [6.45, 7) is 1.66. The van der Waals surface area contributed by atoms with Crippen LogP contribution in [0, 0.1) is 0 Å². The van der Waals surface area contributed by atoms with Crippen LogP contribution in [0.2, 0.25) is 0 Å². The number of amides is 2. The summed E-state index contributed by atoms with van der Waals surface area (Å²) in [5, 5.41) is 2.71. The van der Waals surface area contributed by atoms with Gasteiger partial charge in [0, 0.05) is 15.7 Å². The molecule has 0 aliphatic carbocycles. The monoisotopic (exact) mass is 362 g/mol. The van der Waals surface area contributed by atoms with Crippen molar-refractivity contribution in [2.45, 2.75) is 13.0 Å². The SMILES string of the molecule is C[C@H](Oc1cccc(Br)c1)C(=O)Nc1ccc(C(N)=O)cc1. The molecule has 2 aromatic rings. The van der Waals surface area contributed by atoms with E-state index in [1.54, 1.807) is 43.3 Å². The fourth-order valence-electron chi connectivity index (χ4n) is 1.76. The van der Waals surface area contributed by atoms with Crippen molar-refractivity contribution in [3.05, 3.63) is 58.6 Å². The summed E-state index contributed by atoms with van der Waals surface area (Å²) in [5.41, 5.74) is 6.12. The summed E-state index contributed by atoms with van der Waals surface area (Å²) in [6.07, 6.45) is -0.662. The van der Waals surface area contributed by atoms with Crippen molar-refractivity contribution in [1.82, 2.24) is 0 Å². The molecule has 6 heteroatoms. The van der Waals surface area contributed by atoms with Crippen LogP contribution in [0.1, 0.15) is 17.3 Å². The Morgan fingerprint density at radius 1 is 1.18 bits per heavy atom. The van der Waals surface area contributed by atoms with Crippen LogP contribution in [0.15, 0.2) is 53.0 Å². The highest BCUT2D eigenvalue weighted by atomic mass is 79.9. The van der Waals surface area contributed by atoms with Gasteiger partial charge in [-0.15, -0.1) is 0 Å². The van der Waals surface area contributed by atoms with E-state index < -0.39 is 12.0 Å². The second-order valence-electron chi connectivity index (χ2n) is 4.65. The lowest BCUT2D eigenvalue weighted by molar-refractivity contribution is -0.122. The smallest absolute Gasteiger partial charge is 0.265 e. The number of carbonyl (C=O) groups is 2. The average Bonchev–Trinajstić information content (AvgIpc) is 2.47. The lowest BCUT2D eigenvalue weighted by atomic mass is 10.2. The molecule has 0 aromatic heterocycles. The Morgan fingerprint density at radius 2 is 1.86 bits per heavy atom. The maximum absolute atomic E-state index is 12.1. The first-order valence-corrected chi connectivity index (χ1v) is 7.38. The van der Waals surface area contributed by atoms with Crippen molar-refractivity contribution < 1.29 is 14.3 Å². The summed E-state index contributed by atoms with van der Waals surface area (Å²) in [7, 11) is 0. The Bertz CT molecular complexity index is 686. The first kappa shape index (κ1) is 16.0. The van der Waals surface area contributed by atoms with E-state index in [1.807, 2.05) is 12.1 Å². The molecule has 1 atom stereocenters. The molecule has 0 fully saturated rings. The van der Waals surface area contributed by atoms with Crippen molar-refractivity contribution in [3.8, 4) is 5.75 Å². The molecule has 2 rings (SSSR count). The number of halogens is 1. The predicted molar refractivity (Wildman–Crippen MR) is 87.8 cm³/mol. The van der Waals surface area contributed by atoms with Gasteiger partial charge in [-0.3, -0.25) is 9.59 Å². The highest BCUT2D eigenvalue weighted by Crippen LogP contribution is 2.19. The molecule has 0 bridgehead atoms. The van der Waals surface area contributed by atoms with Gasteiger partial charge in [-0.25, -0.2) is 0 Å².